The summed E-state index contributed by atoms with van der Waals surface area (Å²) >= 11 is 6.06. The summed E-state index contributed by atoms with van der Waals surface area (Å²) in [6.45, 7) is 0. The molecule has 0 saturated carbocycles. The zero-order valence-corrected chi connectivity index (χ0v) is 15.0. The largest absolute Gasteiger partial charge is 0.619 e. The number of furan rings is 1. The average Bonchev–Trinajstić information content (AvgIpc) is 3.11. The molecule has 0 saturated heterocycles. The predicted molar refractivity (Wildman–Crippen MR) is 104 cm³/mol. The van der Waals surface area contributed by atoms with Crippen molar-refractivity contribution in [1.29, 1.82) is 0 Å². The minimum atomic E-state index is -0.428. The Hall–Kier alpha value is -3.51. The van der Waals surface area contributed by atoms with Crippen LogP contribution in [0.5, 0.6) is 0 Å². The van der Waals surface area contributed by atoms with Crippen molar-refractivity contribution >= 4 is 33.6 Å². The van der Waals surface area contributed by atoms with Crippen molar-refractivity contribution in [3.8, 4) is 22.4 Å². The molecule has 0 spiro atoms. The Morgan fingerprint density at radius 2 is 1.93 bits per heavy atom. The summed E-state index contributed by atoms with van der Waals surface area (Å²) in [5.41, 5.74) is 3.15. The Kier molecular flexibility index (Phi) is 3.74. The van der Waals surface area contributed by atoms with E-state index in [4.69, 9.17) is 16.0 Å². The number of aromatic nitrogens is 3. The number of benzene rings is 1. The van der Waals surface area contributed by atoms with E-state index in [1.54, 1.807) is 30.7 Å². The first-order chi connectivity index (χ1) is 13.6. The van der Waals surface area contributed by atoms with Crippen molar-refractivity contribution < 1.29 is 13.5 Å². The maximum absolute atomic E-state index is 14.5. The molecule has 0 aliphatic rings. The maximum atomic E-state index is 14.5. The molecule has 0 atom stereocenters. The van der Waals surface area contributed by atoms with Crippen molar-refractivity contribution in [2.75, 3.05) is 0 Å². The van der Waals surface area contributed by atoms with Gasteiger partial charge in [0.2, 0.25) is 6.20 Å². The highest BCUT2D eigenvalue weighted by atomic mass is 35.5. The highest BCUT2D eigenvalue weighted by molar-refractivity contribution is 6.30. The van der Waals surface area contributed by atoms with Crippen molar-refractivity contribution in [2.24, 2.45) is 0 Å². The third-order valence-electron chi connectivity index (χ3n) is 4.57. The van der Waals surface area contributed by atoms with Crippen LogP contribution in [-0.4, -0.2) is 9.97 Å². The number of fused-ring (bicyclic) bond motifs is 2. The predicted octanol–water partition coefficient (Wildman–Crippen LogP) is 5.14. The van der Waals surface area contributed by atoms with Crippen LogP contribution in [0.2, 0.25) is 5.02 Å². The second-order valence-corrected chi connectivity index (χ2v) is 6.72. The van der Waals surface area contributed by atoms with Crippen LogP contribution in [0, 0.1) is 11.0 Å². The standard InChI is InChI=1S/C21H11ClFN3O2/c22-12-3-4-18(23)16(8-12)19-9-15(14-2-1-6-24-21(14)25-19)17-11-28-20-10-26(27)7-5-13(17)20/h1-11H. The fraction of sp³-hybridized carbons (Fsp3) is 0. The van der Waals surface area contributed by atoms with Gasteiger partial charge >= 0.3 is 0 Å². The number of nitrogens with zero attached hydrogens (tertiary/aromatic N) is 3. The van der Waals surface area contributed by atoms with Gasteiger partial charge in [0, 0.05) is 39.2 Å². The molecule has 0 fully saturated rings. The molecule has 0 aliphatic heterocycles. The maximum Gasteiger partial charge on any atom is 0.223 e. The average molecular weight is 392 g/mol. The van der Waals surface area contributed by atoms with Crippen LogP contribution in [0.15, 0.2) is 71.7 Å². The summed E-state index contributed by atoms with van der Waals surface area (Å²) < 4.78 is 20.7. The molecule has 4 heterocycles. The Labute approximate surface area is 163 Å². The van der Waals surface area contributed by atoms with Crippen molar-refractivity contribution in [1.82, 2.24) is 9.97 Å². The van der Waals surface area contributed by atoms with E-state index in [1.165, 1.54) is 30.6 Å². The van der Waals surface area contributed by atoms with Gasteiger partial charge in [-0.25, -0.2) is 14.4 Å². The van der Waals surface area contributed by atoms with E-state index < -0.39 is 5.82 Å². The summed E-state index contributed by atoms with van der Waals surface area (Å²) in [5, 5.41) is 13.5. The molecule has 5 rings (SSSR count). The first-order valence-electron chi connectivity index (χ1n) is 8.42. The number of hydrogen-bond donors (Lipinski definition) is 0. The molecule has 4 aromatic heterocycles. The minimum Gasteiger partial charge on any atom is -0.619 e. The first-order valence-corrected chi connectivity index (χ1v) is 8.79. The zero-order chi connectivity index (χ0) is 19.3. The van der Waals surface area contributed by atoms with Crippen LogP contribution in [0.3, 0.4) is 0 Å². The highest BCUT2D eigenvalue weighted by Crippen LogP contribution is 2.37. The van der Waals surface area contributed by atoms with Gasteiger partial charge in [-0.1, -0.05) is 11.6 Å². The molecule has 0 aliphatic carbocycles. The molecule has 0 amide bonds. The van der Waals surface area contributed by atoms with E-state index in [1.807, 2.05) is 6.07 Å². The fourth-order valence-electron chi connectivity index (χ4n) is 3.28. The molecular weight excluding hydrogens is 381 g/mol. The van der Waals surface area contributed by atoms with E-state index in [9.17, 15) is 9.60 Å². The summed E-state index contributed by atoms with van der Waals surface area (Å²) in [6.07, 6.45) is 5.97. The van der Waals surface area contributed by atoms with Gasteiger partial charge in [0.1, 0.15) is 5.82 Å². The smallest absolute Gasteiger partial charge is 0.223 e. The van der Waals surface area contributed by atoms with Crippen LogP contribution in [-0.2, 0) is 0 Å². The summed E-state index contributed by atoms with van der Waals surface area (Å²) in [5.74, 6) is -0.428. The van der Waals surface area contributed by atoms with Crippen LogP contribution in [0.25, 0.3) is 44.4 Å². The van der Waals surface area contributed by atoms with E-state index in [0.29, 0.717) is 26.7 Å². The van der Waals surface area contributed by atoms with Crippen molar-refractivity contribution in [3.05, 3.63) is 83.4 Å². The van der Waals surface area contributed by atoms with Crippen LogP contribution < -0.4 is 4.73 Å². The fourth-order valence-corrected chi connectivity index (χ4v) is 3.45. The number of rotatable bonds is 2. The normalized spacial score (nSPS) is 11.4. The summed E-state index contributed by atoms with van der Waals surface area (Å²) in [4.78, 5) is 8.85. The second-order valence-electron chi connectivity index (χ2n) is 6.29. The molecule has 5 aromatic rings. The minimum absolute atomic E-state index is 0.284. The molecule has 0 N–H and O–H groups in total. The third kappa shape index (κ3) is 2.66. The van der Waals surface area contributed by atoms with E-state index in [-0.39, 0.29) is 5.56 Å². The number of hydrogen-bond acceptors (Lipinski definition) is 4. The molecule has 5 nitrogen and oxygen atoms in total. The molecule has 7 heteroatoms. The molecule has 0 radical (unpaired) electrons. The Morgan fingerprint density at radius 3 is 2.82 bits per heavy atom. The molecule has 0 bridgehead atoms. The SMILES string of the molecule is [O-][n+]1ccc2c(-c3cc(-c4cc(Cl)ccc4F)nc4ncccc34)coc2c1. The first kappa shape index (κ1) is 16.6. The topological polar surface area (TPSA) is 65.9 Å². The highest BCUT2D eigenvalue weighted by Gasteiger charge is 2.17. The monoisotopic (exact) mass is 391 g/mol. The Balaban J connectivity index is 1.84. The quantitative estimate of drug-likeness (QED) is 0.309. The molecule has 136 valence electrons. The van der Waals surface area contributed by atoms with Crippen LogP contribution in [0.4, 0.5) is 4.39 Å². The second kappa shape index (κ2) is 6.28. The third-order valence-corrected chi connectivity index (χ3v) is 4.81. The molecule has 1 aromatic carbocycles. The lowest BCUT2D eigenvalue weighted by Crippen LogP contribution is -2.23. The summed E-state index contributed by atoms with van der Waals surface area (Å²) in [7, 11) is 0. The van der Waals surface area contributed by atoms with E-state index in [0.717, 1.165) is 21.9 Å². The van der Waals surface area contributed by atoms with E-state index >= 15 is 0 Å². The Bertz CT molecular complexity index is 1370. The molecule has 0 unspecified atom stereocenters. The lowest BCUT2D eigenvalue weighted by Gasteiger charge is -2.09. The van der Waals surface area contributed by atoms with Gasteiger partial charge in [0.25, 0.3) is 0 Å². The van der Waals surface area contributed by atoms with Gasteiger partial charge in [-0.05, 0) is 42.0 Å². The lowest BCUT2D eigenvalue weighted by atomic mass is 9.99. The summed E-state index contributed by atoms with van der Waals surface area (Å²) in [6, 6.07) is 11.5. The van der Waals surface area contributed by atoms with Crippen molar-refractivity contribution in [3.63, 3.8) is 0 Å². The molecular formula is C21H11ClFN3O2. The zero-order valence-electron chi connectivity index (χ0n) is 14.3. The van der Waals surface area contributed by atoms with Gasteiger partial charge in [-0.15, -0.1) is 0 Å². The lowest BCUT2D eigenvalue weighted by molar-refractivity contribution is -0.604. The van der Waals surface area contributed by atoms with Gasteiger partial charge in [-0.3, -0.25) is 0 Å². The van der Waals surface area contributed by atoms with Crippen LogP contribution >= 0.6 is 11.6 Å². The number of halogens is 2. The van der Waals surface area contributed by atoms with E-state index in [2.05, 4.69) is 9.97 Å². The van der Waals surface area contributed by atoms with Gasteiger partial charge in [0.05, 0.1) is 12.0 Å². The van der Waals surface area contributed by atoms with Gasteiger partial charge < -0.3 is 9.62 Å². The molecule has 28 heavy (non-hydrogen) atoms. The van der Waals surface area contributed by atoms with Gasteiger partial charge in [0.15, 0.2) is 17.4 Å². The number of pyridine rings is 3. The van der Waals surface area contributed by atoms with Gasteiger partial charge in [-0.2, -0.15) is 4.73 Å². The van der Waals surface area contributed by atoms with Crippen molar-refractivity contribution in [2.45, 2.75) is 0 Å². The van der Waals surface area contributed by atoms with Crippen LogP contribution in [0.1, 0.15) is 0 Å². The Morgan fingerprint density at radius 1 is 1.04 bits per heavy atom.